The fourth-order valence-electron chi connectivity index (χ4n) is 2.42. The van der Waals surface area contributed by atoms with Crippen LogP contribution in [-0.2, 0) is 19.4 Å². The Hall–Kier alpha value is -0.840. The number of halogens is 2. The Kier molecular flexibility index (Phi) is 5.47. The zero-order valence-corrected chi connectivity index (χ0v) is 14.9. The molecule has 114 valence electrons. The van der Waals surface area contributed by atoms with Crippen molar-refractivity contribution in [1.29, 1.82) is 0 Å². The fraction of sp³-hybridized carbons (Fsp3) is 0.438. The van der Waals surface area contributed by atoms with Gasteiger partial charge in [-0.05, 0) is 31.9 Å². The van der Waals surface area contributed by atoms with Crippen LogP contribution in [0.2, 0.25) is 5.02 Å². The Morgan fingerprint density at radius 3 is 2.71 bits per heavy atom. The first-order valence-electron chi connectivity index (χ1n) is 7.16. The first-order valence-corrected chi connectivity index (χ1v) is 8.33. The lowest BCUT2D eigenvalue weighted by atomic mass is 10.0. The molecule has 1 aromatic heterocycles. The van der Waals surface area contributed by atoms with Crippen molar-refractivity contribution in [3.05, 3.63) is 50.2 Å². The van der Waals surface area contributed by atoms with Gasteiger partial charge in [0.1, 0.15) is 0 Å². The van der Waals surface area contributed by atoms with Crippen LogP contribution < -0.4 is 0 Å². The quantitative estimate of drug-likeness (QED) is 0.842. The highest BCUT2D eigenvalue weighted by Crippen LogP contribution is 2.30. The van der Waals surface area contributed by atoms with Crippen LogP contribution in [0.25, 0.3) is 0 Å². The lowest BCUT2D eigenvalue weighted by Crippen LogP contribution is -2.09. The Balaban J connectivity index is 2.33. The molecule has 0 amide bonds. The maximum atomic E-state index is 10.6. The van der Waals surface area contributed by atoms with E-state index in [1.807, 2.05) is 43.7 Å². The summed E-state index contributed by atoms with van der Waals surface area (Å²) in [5, 5.41) is 15.8. The van der Waals surface area contributed by atoms with Crippen LogP contribution in [0.15, 0.2) is 22.7 Å². The van der Waals surface area contributed by atoms with Gasteiger partial charge < -0.3 is 5.11 Å². The molecule has 5 heteroatoms. The molecule has 1 atom stereocenters. The van der Waals surface area contributed by atoms with Gasteiger partial charge in [-0.25, -0.2) is 0 Å². The molecule has 1 aromatic carbocycles. The number of aliphatic hydroxyl groups excluding tert-OH is 1. The van der Waals surface area contributed by atoms with E-state index in [0.717, 1.165) is 40.0 Å². The average Bonchev–Trinajstić information content (AvgIpc) is 2.77. The summed E-state index contributed by atoms with van der Waals surface area (Å²) in [6.45, 7) is 6.82. The van der Waals surface area contributed by atoms with E-state index in [9.17, 15) is 5.11 Å². The van der Waals surface area contributed by atoms with Gasteiger partial charge in [-0.15, -0.1) is 0 Å². The van der Waals surface area contributed by atoms with Crippen molar-refractivity contribution >= 4 is 27.5 Å². The van der Waals surface area contributed by atoms with Crippen LogP contribution in [0.4, 0.5) is 0 Å². The van der Waals surface area contributed by atoms with Gasteiger partial charge in [0.05, 0.1) is 22.5 Å². The molecule has 0 saturated carbocycles. The van der Waals surface area contributed by atoms with E-state index in [1.165, 1.54) is 0 Å². The number of benzene rings is 1. The van der Waals surface area contributed by atoms with E-state index >= 15 is 0 Å². The molecule has 0 bridgehead atoms. The zero-order chi connectivity index (χ0) is 15.6. The molecule has 1 heterocycles. The van der Waals surface area contributed by atoms with Crippen molar-refractivity contribution in [3.8, 4) is 0 Å². The summed E-state index contributed by atoms with van der Waals surface area (Å²) in [5.74, 6) is 0. The maximum absolute atomic E-state index is 10.6. The van der Waals surface area contributed by atoms with Gasteiger partial charge in [0.15, 0.2) is 0 Å². The van der Waals surface area contributed by atoms with Crippen molar-refractivity contribution in [1.82, 2.24) is 9.78 Å². The lowest BCUT2D eigenvalue weighted by molar-refractivity contribution is 0.174. The second-order valence-corrected chi connectivity index (χ2v) is 6.35. The van der Waals surface area contributed by atoms with Gasteiger partial charge in [-0.3, -0.25) is 4.68 Å². The minimum absolute atomic E-state index is 0.460. The van der Waals surface area contributed by atoms with Gasteiger partial charge in [0, 0.05) is 17.4 Å². The summed E-state index contributed by atoms with van der Waals surface area (Å²) in [4.78, 5) is 0. The van der Waals surface area contributed by atoms with Crippen LogP contribution in [-0.4, -0.2) is 14.9 Å². The number of aliphatic hydroxyl groups is 1. The van der Waals surface area contributed by atoms with Gasteiger partial charge in [0.2, 0.25) is 0 Å². The predicted molar refractivity (Wildman–Crippen MR) is 89.8 cm³/mol. The smallest absolute Gasteiger partial charge is 0.0856 e. The molecule has 0 aliphatic carbocycles. The van der Waals surface area contributed by atoms with Gasteiger partial charge in [-0.2, -0.15) is 5.10 Å². The van der Waals surface area contributed by atoms with Crippen molar-refractivity contribution in [2.75, 3.05) is 0 Å². The SMILES string of the molecule is CCc1nn(CC)c(CC(O)c2cc(C)ccc2Br)c1Cl. The summed E-state index contributed by atoms with van der Waals surface area (Å²) in [6, 6.07) is 5.97. The molecule has 0 aliphatic heterocycles. The van der Waals surface area contributed by atoms with E-state index in [-0.39, 0.29) is 0 Å². The number of aryl methyl sites for hydroxylation is 3. The maximum Gasteiger partial charge on any atom is 0.0856 e. The van der Waals surface area contributed by atoms with Crippen molar-refractivity contribution in [2.45, 2.75) is 46.3 Å². The van der Waals surface area contributed by atoms with E-state index < -0.39 is 6.10 Å². The summed E-state index contributed by atoms with van der Waals surface area (Å²) < 4.78 is 2.80. The Morgan fingerprint density at radius 2 is 2.10 bits per heavy atom. The summed E-state index contributed by atoms with van der Waals surface area (Å²) >= 11 is 9.91. The predicted octanol–water partition coefficient (Wildman–Crippen LogP) is 4.47. The number of rotatable bonds is 5. The third kappa shape index (κ3) is 3.50. The van der Waals surface area contributed by atoms with Crippen LogP contribution in [0, 0.1) is 6.92 Å². The fourth-order valence-corrected chi connectivity index (χ4v) is 3.28. The third-order valence-electron chi connectivity index (χ3n) is 3.59. The standard InChI is InChI=1S/C16H20BrClN2O/c1-4-13-16(18)14(20(5-2)19-13)9-15(21)11-8-10(3)6-7-12(11)17/h6-8,15,21H,4-5,9H2,1-3H3. The molecule has 21 heavy (non-hydrogen) atoms. The molecule has 0 aliphatic rings. The highest BCUT2D eigenvalue weighted by atomic mass is 79.9. The molecule has 0 fully saturated rings. The molecule has 3 nitrogen and oxygen atoms in total. The largest absolute Gasteiger partial charge is 0.388 e. The Morgan fingerprint density at radius 1 is 1.38 bits per heavy atom. The summed E-state index contributed by atoms with van der Waals surface area (Å²) in [7, 11) is 0. The second kappa shape index (κ2) is 6.95. The number of hydrogen-bond donors (Lipinski definition) is 1. The molecule has 1 N–H and O–H groups in total. The minimum Gasteiger partial charge on any atom is -0.388 e. The van der Waals surface area contributed by atoms with Crippen molar-refractivity contribution in [2.24, 2.45) is 0 Å². The highest BCUT2D eigenvalue weighted by molar-refractivity contribution is 9.10. The van der Waals surface area contributed by atoms with Gasteiger partial charge in [0.25, 0.3) is 0 Å². The van der Waals surface area contributed by atoms with Crippen molar-refractivity contribution < 1.29 is 5.11 Å². The van der Waals surface area contributed by atoms with Gasteiger partial charge in [-0.1, -0.05) is 52.2 Å². The van der Waals surface area contributed by atoms with Crippen LogP contribution >= 0.6 is 27.5 Å². The molecule has 1 unspecified atom stereocenters. The second-order valence-electron chi connectivity index (χ2n) is 5.12. The lowest BCUT2D eigenvalue weighted by Gasteiger charge is -2.15. The molecular formula is C16H20BrClN2O. The molecule has 0 saturated heterocycles. The molecular weight excluding hydrogens is 352 g/mol. The first-order chi connectivity index (χ1) is 9.97. The van der Waals surface area contributed by atoms with E-state index in [4.69, 9.17) is 11.6 Å². The van der Waals surface area contributed by atoms with Crippen LogP contribution in [0.3, 0.4) is 0 Å². The Bertz CT molecular complexity index is 639. The van der Waals surface area contributed by atoms with E-state index in [2.05, 4.69) is 21.0 Å². The minimum atomic E-state index is -0.608. The zero-order valence-electron chi connectivity index (χ0n) is 12.5. The van der Waals surface area contributed by atoms with E-state index in [1.54, 1.807) is 0 Å². The highest BCUT2D eigenvalue weighted by Gasteiger charge is 2.20. The van der Waals surface area contributed by atoms with E-state index in [0.29, 0.717) is 11.4 Å². The van der Waals surface area contributed by atoms with Crippen molar-refractivity contribution in [3.63, 3.8) is 0 Å². The van der Waals surface area contributed by atoms with Crippen LogP contribution in [0.1, 0.15) is 42.5 Å². The Labute approximate surface area is 139 Å². The average molecular weight is 372 g/mol. The topological polar surface area (TPSA) is 38.0 Å². The summed E-state index contributed by atoms with van der Waals surface area (Å²) in [5.41, 5.74) is 3.80. The first kappa shape index (κ1) is 16.5. The normalized spacial score (nSPS) is 12.7. The monoisotopic (exact) mass is 370 g/mol. The molecule has 2 aromatic rings. The molecule has 2 rings (SSSR count). The number of aromatic nitrogens is 2. The molecule has 0 radical (unpaired) electrons. The van der Waals surface area contributed by atoms with Crippen LogP contribution in [0.5, 0.6) is 0 Å². The van der Waals surface area contributed by atoms with Gasteiger partial charge >= 0.3 is 0 Å². The third-order valence-corrected chi connectivity index (χ3v) is 4.75. The summed E-state index contributed by atoms with van der Waals surface area (Å²) in [6.07, 6.45) is 0.647. The number of nitrogens with zero attached hydrogens (tertiary/aromatic N) is 2. The molecule has 0 spiro atoms. The number of hydrogen-bond acceptors (Lipinski definition) is 2.